The standard InChI is InChI=1S/C53H92O6/c1-4-7-10-13-16-19-22-23-24-25-26-27-28-29-32-34-37-40-43-46-52(55)58-49-50(59-53(56)47-44-41-38-35-31-21-18-15-12-9-6-3)48-57-51(54)45-42-39-36-33-30-20-17-14-11-8-5-2/h15-16,18-19,23-24,26-27,29,32,50H,4-14,17,20-22,25,28,30-31,33-49H2,1-3H3/b18-15-,19-16-,24-23-,27-26-,32-29-/t50-/m1/s1. The van der Waals surface area contributed by atoms with Gasteiger partial charge in [-0.3, -0.25) is 14.4 Å². The molecular weight excluding hydrogens is 733 g/mol. The zero-order valence-corrected chi connectivity index (χ0v) is 38.8. The molecule has 0 amide bonds. The lowest BCUT2D eigenvalue weighted by Crippen LogP contribution is -2.30. The maximum atomic E-state index is 12.7. The largest absolute Gasteiger partial charge is 0.462 e. The molecule has 1 atom stereocenters. The average molecular weight is 825 g/mol. The van der Waals surface area contributed by atoms with Gasteiger partial charge >= 0.3 is 17.9 Å². The second-order valence-electron chi connectivity index (χ2n) is 16.4. The minimum absolute atomic E-state index is 0.0866. The molecule has 0 heterocycles. The van der Waals surface area contributed by atoms with Gasteiger partial charge in [-0.15, -0.1) is 0 Å². The number of hydrogen-bond donors (Lipinski definition) is 0. The van der Waals surface area contributed by atoms with E-state index < -0.39 is 6.10 Å². The van der Waals surface area contributed by atoms with Crippen molar-refractivity contribution in [3.8, 4) is 0 Å². The van der Waals surface area contributed by atoms with Crippen LogP contribution in [-0.2, 0) is 28.6 Å². The molecule has 0 aromatic heterocycles. The van der Waals surface area contributed by atoms with E-state index in [0.29, 0.717) is 19.3 Å². The summed E-state index contributed by atoms with van der Waals surface area (Å²) in [5.74, 6) is -0.929. The van der Waals surface area contributed by atoms with Crippen molar-refractivity contribution in [1.82, 2.24) is 0 Å². The van der Waals surface area contributed by atoms with Crippen molar-refractivity contribution in [3.63, 3.8) is 0 Å². The zero-order valence-electron chi connectivity index (χ0n) is 38.8. The summed E-state index contributed by atoms with van der Waals surface area (Å²) in [6.45, 7) is 6.52. The Morgan fingerprint density at radius 2 is 0.627 bits per heavy atom. The zero-order chi connectivity index (χ0) is 43.0. The van der Waals surface area contributed by atoms with E-state index in [1.54, 1.807) is 0 Å². The molecule has 0 saturated heterocycles. The molecule has 0 aliphatic heterocycles. The molecule has 59 heavy (non-hydrogen) atoms. The highest BCUT2D eigenvalue weighted by Gasteiger charge is 2.19. The predicted molar refractivity (Wildman–Crippen MR) is 251 cm³/mol. The first-order valence-corrected chi connectivity index (χ1v) is 24.8. The summed E-state index contributed by atoms with van der Waals surface area (Å²) in [6.07, 6.45) is 57.7. The normalized spacial score (nSPS) is 12.5. The van der Waals surface area contributed by atoms with Crippen LogP contribution in [0.25, 0.3) is 0 Å². The molecule has 0 aliphatic carbocycles. The van der Waals surface area contributed by atoms with Crippen molar-refractivity contribution < 1.29 is 28.6 Å². The first-order valence-electron chi connectivity index (χ1n) is 24.8. The molecule has 0 aromatic carbocycles. The molecule has 340 valence electrons. The fourth-order valence-electron chi connectivity index (χ4n) is 6.70. The quantitative estimate of drug-likeness (QED) is 0.0263. The summed E-state index contributed by atoms with van der Waals surface area (Å²) < 4.78 is 16.7. The number of esters is 3. The Bertz CT molecular complexity index is 1090. The lowest BCUT2D eigenvalue weighted by molar-refractivity contribution is -0.167. The van der Waals surface area contributed by atoms with Gasteiger partial charge in [0, 0.05) is 19.3 Å². The molecule has 0 radical (unpaired) electrons. The van der Waals surface area contributed by atoms with Gasteiger partial charge in [0.2, 0.25) is 0 Å². The lowest BCUT2D eigenvalue weighted by Gasteiger charge is -2.18. The van der Waals surface area contributed by atoms with Gasteiger partial charge in [0.25, 0.3) is 0 Å². The Hall–Kier alpha value is -2.89. The van der Waals surface area contributed by atoms with Crippen molar-refractivity contribution in [2.45, 2.75) is 245 Å². The molecule has 0 aromatic rings. The maximum Gasteiger partial charge on any atom is 0.306 e. The van der Waals surface area contributed by atoms with Crippen molar-refractivity contribution in [2.75, 3.05) is 13.2 Å². The van der Waals surface area contributed by atoms with Crippen LogP contribution in [0.1, 0.15) is 239 Å². The number of carbonyl (C=O) groups excluding carboxylic acids is 3. The van der Waals surface area contributed by atoms with Crippen LogP contribution >= 0.6 is 0 Å². The van der Waals surface area contributed by atoms with Gasteiger partial charge in [-0.05, 0) is 83.5 Å². The molecule has 6 nitrogen and oxygen atoms in total. The Kier molecular flexibility index (Phi) is 45.4. The molecule has 0 saturated carbocycles. The van der Waals surface area contributed by atoms with E-state index in [1.807, 2.05) is 0 Å². The summed E-state index contributed by atoms with van der Waals surface area (Å²) in [4.78, 5) is 37.8. The van der Waals surface area contributed by atoms with Crippen LogP contribution in [0.5, 0.6) is 0 Å². The highest BCUT2D eigenvalue weighted by atomic mass is 16.6. The number of allylic oxidation sites excluding steroid dienone is 10. The minimum atomic E-state index is -0.787. The summed E-state index contributed by atoms with van der Waals surface area (Å²) in [7, 11) is 0. The van der Waals surface area contributed by atoms with Crippen LogP contribution in [0.15, 0.2) is 60.8 Å². The second kappa shape index (κ2) is 47.8. The average Bonchev–Trinajstić information content (AvgIpc) is 3.23. The molecular formula is C53H92O6. The first kappa shape index (κ1) is 56.1. The molecule has 0 N–H and O–H groups in total. The van der Waals surface area contributed by atoms with Crippen LogP contribution in [0.4, 0.5) is 0 Å². The van der Waals surface area contributed by atoms with E-state index in [9.17, 15) is 14.4 Å². The van der Waals surface area contributed by atoms with Gasteiger partial charge in [-0.25, -0.2) is 0 Å². The van der Waals surface area contributed by atoms with E-state index >= 15 is 0 Å². The molecule has 6 heteroatoms. The SMILES string of the molecule is CCCC/C=C\CCCCCCCC(=O)O[C@@H](COC(=O)CCCCC/C=C\C/C=C\C/C=C\C/C=C\CCCCC)COC(=O)CCCCCCCCCCCCC. The highest BCUT2D eigenvalue weighted by molar-refractivity contribution is 5.71. The summed E-state index contributed by atoms with van der Waals surface area (Å²) >= 11 is 0. The predicted octanol–water partition coefficient (Wildman–Crippen LogP) is 16.1. The van der Waals surface area contributed by atoms with Crippen molar-refractivity contribution >= 4 is 17.9 Å². The molecule has 0 rings (SSSR count). The summed E-state index contributed by atoms with van der Waals surface area (Å²) in [6, 6.07) is 0. The molecule has 0 spiro atoms. The van der Waals surface area contributed by atoms with Gasteiger partial charge in [-0.1, -0.05) is 197 Å². The molecule has 0 unspecified atom stereocenters. The van der Waals surface area contributed by atoms with E-state index in [0.717, 1.165) is 96.3 Å². The number of carbonyl (C=O) groups is 3. The van der Waals surface area contributed by atoms with Crippen LogP contribution in [0.3, 0.4) is 0 Å². The van der Waals surface area contributed by atoms with Gasteiger partial charge in [0.1, 0.15) is 13.2 Å². The van der Waals surface area contributed by atoms with E-state index in [1.165, 1.54) is 103 Å². The maximum absolute atomic E-state index is 12.7. The molecule has 0 fully saturated rings. The van der Waals surface area contributed by atoms with Crippen molar-refractivity contribution in [1.29, 1.82) is 0 Å². The number of rotatable bonds is 44. The fourth-order valence-corrected chi connectivity index (χ4v) is 6.70. The van der Waals surface area contributed by atoms with Crippen molar-refractivity contribution in [3.05, 3.63) is 60.8 Å². The van der Waals surface area contributed by atoms with Crippen LogP contribution < -0.4 is 0 Å². The monoisotopic (exact) mass is 825 g/mol. The van der Waals surface area contributed by atoms with E-state index in [-0.39, 0.29) is 31.1 Å². The van der Waals surface area contributed by atoms with Gasteiger partial charge in [-0.2, -0.15) is 0 Å². The second-order valence-corrected chi connectivity index (χ2v) is 16.4. The highest BCUT2D eigenvalue weighted by Crippen LogP contribution is 2.14. The summed E-state index contributed by atoms with van der Waals surface area (Å²) in [5.41, 5.74) is 0. The van der Waals surface area contributed by atoms with Crippen molar-refractivity contribution in [2.24, 2.45) is 0 Å². The van der Waals surface area contributed by atoms with Gasteiger partial charge in [0.05, 0.1) is 0 Å². The van der Waals surface area contributed by atoms with Crippen LogP contribution in [0, 0.1) is 0 Å². The molecule has 0 bridgehead atoms. The van der Waals surface area contributed by atoms with Crippen LogP contribution in [0.2, 0.25) is 0 Å². The Morgan fingerprint density at radius 1 is 0.339 bits per heavy atom. The van der Waals surface area contributed by atoms with Crippen LogP contribution in [-0.4, -0.2) is 37.2 Å². The Morgan fingerprint density at radius 3 is 1.07 bits per heavy atom. The Balaban J connectivity index is 4.40. The number of unbranched alkanes of at least 4 members (excludes halogenated alkanes) is 23. The first-order chi connectivity index (χ1) is 29.0. The topological polar surface area (TPSA) is 78.9 Å². The fraction of sp³-hybridized carbons (Fsp3) is 0.755. The third-order valence-electron chi connectivity index (χ3n) is 10.5. The smallest absolute Gasteiger partial charge is 0.306 e. The van der Waals surface area contributed by atoms with E-state index in [4.69, 9.17) is 14.2 Å². The minimum Gasteiger partial charge on any atom is -0.462 e. The van der Waals surface area contributed by atoms with Gasteiger partial charge in [0.15, 0.2) is 6.10 Å². The van der Waals surface area contributed by atoms with Gasteiger partial charge < -0.3 is 14.2 Å². The number of hydrogen-bond acceptors (Lipinski definition) is 6. The van der Waals surface area contributed by atoms with E-state index in [2.05, 4.69) is 81.5 Å². The third kappa shape index (κ3) is 46.0. The molecule has 0 aliphatic rings. The Labute approximate surface area is 364 Å². The third-order valence-corrected chi connectivity index (χ3v) is 10.5. The number of ether oxygens (including phenoxy) is 3. The summed E-state index contributed by atoms with van der Waals surface area (Å²) in [5, 5.41) is 0. The lowest BCUT2D eigenvalue weighted by atomic mass is 10.1.